The molecular formula is C18H21F3N6O5. The van der Waals surface area contributed by atoms with E-state index in [1.807, 2.05) is 0 Å². The van der Waals surface area contributed by atoms with E-state index in [-0.39, 0.29) is 17.5 Å². The fraction of sp³-hybridized carbons (Fsp3) is 0.500. The zero-order chi connectivity index (χ0) is 23.6. The number of guanidine groups is 2. The van der Waals surface area contributed by atoms with Crippen LogP contribution in [0.2, 0.25) is 0 Å². The van der Waals surface area contributed by atoms with Gasteiger partial charge in [-0.2, -0.15) is 13.2 Å². The van der Waals surface area contributed by atoms with Gasteiger partial charge in [-0.05, 0) is 30.7 Å². The van der Waals surface area contributed by atoms with Crippen LogP contribution in [0.1, 0.15) is 21.5 Å². The Morgan fingerprint density at radius 3 is 2.59 bits per heavy atom. The molecule has 32 heavy (non-hydrogen) atoms. The predicted molar refractivity (Wildman–Crippen MR) is 102 cm³/mol. The standard InChI is InChI=1S/C18H21F3N6O5/c1-7-2-8(4-9(3-7)18(19,20)21)13(29)32-11-5-27-15(23)24-10(6-28)12-16(27,17(11,30)31)26-14(22)25-12/h2-4,10-12,28,30-31H,5-6H2,1H3,(H2,23,24)(H3,22,25,26)/t10-,11?,12-,16?/m0/s1. The van der Waals surface area contributed by atoms with Crippen LogP contribution in [-0.2, 0) is 10.9 Å². The van der Waals surface area contributed by atoms with Gasteiger partial charge in [0.1, 0.15) is 0 Å². The van der Waals surface area contributed by atoms with Gasteiger partial charge in [-0.25, -0.2) is 4.79 Å². The molecule has 0 saturated carbocycles. The second kappa shape index (κ2) is 6.95. The molecule has 0 amide bonds. The van der Waals surface area contributed by atoms with E-state index < -0.39 is 66.1 Å². The third-order valence-corrected chi connectivity index (χ3v) is 5.93. The highest BCUT2D eigenvalue weighted by Gasteiger charge is 2.75. The lowest BCUT2D eigenvalue weighted by Crippen LogP contribution is -2.80. The molecule has 3 aliphatic rings. The van der Waals surface area contributed by atoms with Crippen molar-refractivity contribution in [2.75, 3.05) is 13.2 Å². The molecule has 2 unspecified atom stereocenters. The molecule has 0 aromatic heterocycles. The van der Waals surface area contributed by atoms with E-state index in [1.165, 1.54) is 13.0 Å². The van der Waals surface area contributed by atoms with Gasteiger partial charge in [-0.3, -0.25) is 10.8 Å². The molecule has 0 radical (unpaired) electrons. The number of alkyl halides is 3. The molecule has 8 N–H and O–H groups in total. The van der Waals surface area contributed by atoms with Gasteiger partial charge in [0, 0.05) is 0 Å². The molecule has 0 aliphatic carbocycles. The molecule has 3 aliphatic heterocycles. The Hall–Kier alpha value is -3.10. The fourth-order valence-corrected chi connectivity index (χ4v) is 4.53. The smallest absolute Gasteiger partial charge is 0.416 e. The first-order valence-electron chi connectivity index (χ1n) is 9.52. The summed E-state index contributed by atoms with van der Waals surface area (Å²) in [5.74, 6) is -4.75. The van der Waals surface area contributed by atoms with E-state index in [0.29, 0.717) is 6.07 Å². The maximum atomic E-state index is 13.1. The van der Waals surface area contributed by atoms with Crippen LogP contribution in [0.3, 0.4) is 0 Å². The quantitative estimate of drug-likeness (QED) is 0.201. The van der Waals surface area contributed by atoms with Crippen LogP contribution in [0.25, 0.3) is 0 Å². The van der Waals surface area contributed by atoms with Crippen LogP contribution in [0.4, 0.5) is 13.2 Å². The van der Waals surface area contributed by atoms with Crippen LogP contribution in [0.15, 0.2) is 18.2 Å². The number of esters is 1. The van der Waals surface area contributed by atoms with Gasteiger partial charge >= 0.3 is 12.1 Å². The van der Waals surface area contributed by atoms with Crippen molar-refractivity contribution < 1.29 is 38.0 Å². The van der Waals surface area contributed by atoms with Gasteiger partial charge in [0.05, 0.1) is 36.4 Å². The van der Waals surface area contributed by atoms with E-state index in [1.54, 1.807) is 0 Å². The molecule has 1 spiro atoms. The van der Waals surface area contributed by atoms with Crippen LogP contribution >= 0.6 is 0 Å². The van der Waals surface area contributed by atoms with Gasteiger partial charge in [0.15, 0.2) is 23.7 Å². The van der Waals surface area contributed by atoms with Gasteiger partial charge < -0.3 is 40.9 Å². The summed E-state index contributed by atoms with van der Waals surface area (Å²) in [4.78, 5) is 13.8. The average Bonchev–Trinajstić information content (AvgIpc) is 3.15. The molecular weight excluding hydrogens is 437 g/mol. The van der Waals surface area contributed by atoms with E-state index >= 15 is 0 Å². The number of hydrogen-bond donors (Lipinski definition) is 8. The number of aryl methyl sites for hydroxylation is 1. The van der Waals surface area contributed by atoms with Crippen molar-refractivity contribution in [3.63, 3.8) is 0 Å². The second-order valence-electron chi connectivity index (χ2n) is 7.99. The first-order valence-corrected chi connectivity index (χ1v) is 9.52. The summed E-state index contributed by atoms with van der Waals surface area (Å²) >= 11 is 0. The Bertz CT molecular complexity index is 1000. The molecule has 3 heterocycles. The van der Waals surface area contributed by atoms with Gasteiger partial charge in [-0.15, -0.1) is 0 Å². The number of hydrogen-bond acceptors (Lipinski definition) is 7. The summed E-state index contributed by atoms with van der Waals surface area (Å²) < 4.78 is 44.5. The van der Waals surface area contributed by atoms with Crippen LogP contribution < -0.4 is 16.0 Å². The van der Waals surface area contributed by atoms with Gasteiger partial charge in [0.25, 0.3) is 0 Å². The number of halogens is 3. The molecule has 3 saturated heterocycles. The highest BCUT2D eigenvalue weighted by atomic mass is 19.4. The summed E-state index contributed by atoms with van der Waals surface area (Å²) in [7, 11) is 0. The molecule has 174 valence electrons. The minimum absolute atomic E-state index is 0.153. The number of carbonyl (C=O) groups is 1. The summed E-state index contributed by atoms with van der Waals surface area (Å²) in [5.41, 5.74) is -3.29. The van der Waals surface area contributed by atoms with E-state index in [9.17, 15) is 33.3 Å². The summed E-state index contributed by atoms with van der Waals surface area (Å²) in [6, 6.07) is 0.719. The zero-order valence-corrected chi connectivity index (χ0v) is 16.6. The maximum Gasteiger partial charge on any atom is 0.416 e. The SMILES string of the molecule is Cc1cc(C(=O)OC2CN3C(=N)N[C@@H](CO)[C@@H]4NC(=N)NC43C2(O)O)cc(C(F)(F)F)c1. The topological polar surface area (TPSA) is 174 Å². The number of aliphatic hydroxyl groups excluding tert-OH is 1. The molecule has 11 nitrogen and oxygen atoms in total. The van der Waals surface area contributed by atoms with E-state index in [4.69, 9.17) is 15.6 Å². The first-order chi connectivity index (χ1) is 14.8. The lowest BCUT2D eigenvalue weighted by Gasteiger charge is -2.50. The Morgan fingerprint density at radius 1 is 1.28 bits per heavy atom. The number of carbonyl (C=O) groups excluding carboxylic acids is 1. The normalized spacial score (nSPS) is 30.7. The van der Waals surface area contributed by atoms with Crippen molar-refractivity contribution >= 4 is 17.9 Å². The summed E-state index contributed by atoms with van der Waals surface area (Å²) in [6.07, 6.45) is -6.40. The number of nitrogens with zero attached hydrogens (tertiary/aromatic N) is 1. The molecule has 14 heteroatoms. The van der Waals surface area contributed by atoms with Gasteiger partial charge in [-0.1, -0.05) is 0 Å². The molecule has 1 aromatic rings. The number of rotatable bonds is 3. The molecule has 1 aromatic carbocycles. The predicted octanol–water partition coefficient (Wildman–Crippen LogP) is -1.37. The number of nitrogens with one attached hydrogen (secondary N) is 5. The van der Waals surface area contributed by atoms with Crippen LogP contribution in [0, 0.1) is 17.7 Å². The monoisotopic (exact) mass is 458 g/mol. The third kappa shape index (κ3) is 3.05. The van der Waals surface area contributed by atoms with Crippen LogP contribution in [0.5, 0.6) is 0 Å². The summed E-state index contributed by atoms with van der Waals surface area (Å²) in [5, 5.41) is 55.7. The Labute approximate surface area is 179 Å². The minimum atomic E-state index is -4.70. The minimum Gasteiger partial charge on any atom is -0.451 e. The van der Waals surface area contributed by atoms with E-state index in [2.05, 4.69) is 16.0 Å². The largest absolute Gasteiger partial charge is 0.451 e. The highest BCUT2D eigenvalue weighted by molar-refractivity contribution is 5.91. The maximum absolute atomic E-state index is 13.1. The number of ether oxygens (including phenoxy) is 1. The van der Waals surface area contributed by atoms with Crippen molar-refractivity contribution in [3.8, 4) is 0 Å². The van der Waals surface area contributed by atoms with Crippen LogP contribution in [-0.4, -0.2) is 80.9 Å². The van der Waals surface area contributed by atoms with Crippen molar-refractivity contribution in [1.29, 1.82) is 10.8 Å². The molecule has 4 atom stereocenters. The Morgan fingerprint density at radius 2 is 1.97 bits per heavy atom. The third-order valence-electron chi connectivity index (χ3n) is 5.93. The van der Waals surface area contributed by atoms with Crippen molar-refractivity contribution in [1.82, 2.24) is 20.9 Å². The first kappa shape index (κ1) is 22.1. The number of aliphatic hydroxyl groups is 3. The van der Waals surface area contributed by atoms with Gasteiger partial charge in [0.2, 0.25) is 5.79 Å². The van der Waals surface area contributed by atoms with Crippen molar-refractivity contribution in [3.05, 3.63) is 34.9 Å². The van der Waals surface area contributed by atoms with Crippen molar-refractivity contribution in [2.24, 2.45) is 0 Å². The molecule has 0 bridgehead atoms. The lowest BCUT2D eigenvalue weighted by atomic mass is 9.85. The number of benzene rings is 1. The van der Waals surface area contributed by atoms with Crippen molar-refractivity contribution in [2.45, 2.75) is 42.7 Å². The van der Waals surface area contributed by atoms with E-state index in [0.717, 1.165) is 11.0 Å². The highest BCUT2D eigenvalue weighted by Crippen LogP contribution is 2.44. The Kier molecular flexibility index (Phi) is 4.80. The zero-order valence-electron chi connectivity index (χ0n) is 16.6. The lowest BCUT2D eigenvalue weighted by molar-refractivity contribution is -0.258. The molecule has 3 fully saturated rings. The fourth-order valence-electron chi connectivity index (χ4n) is 4.53. The molecule has 4 rings (SSSR count). The second-order valence-corrected chi connectivity index (χ2v) is 7.99. The Balaban J connectivity index is 1.67. The summed E-state index contributed by atoms with van der Waals surface area (Å²) in [6.45, 7) is 0.434. The average molecular weight is 458 g/mol.